The minimum atomic E-state index is -4.55. The van der Waals surface area contributed by atoms with Crippen LogP contribution in [0.2, 0.25) is 0 Å². The Labute approximate surface area is 109 Å². The smallest absolute Gasteiger partial charge is 0.406 e. The predicted octanol–water partition coefficient (Wildman–Crippen LogP) is 0.118. The Kier molecular flexibility index (Phi) is 4.77. The van der Waals surface area contributed by atoms with Crippen LogP contribution in [0.4, 0.5) is 18.0 Å². The molecule has 10 heteroatoms. The van der Waals surface area contributed by atoms with Crippen LogP contribution >= 0.6 is 0 Å². The Balaban J connectivity index is 2.78. The summed E-state index contributed by atoms with van der Waals surface area (Å²) in [6.07, 6.45) is -4.55. The van der Waals surface area contributed by atoms with E-state index in [1.165, 1.54) is 0 Å². The van der Waals surface area contributed by atoms with Crippen LogP contribution in [0.15, 0.2) is 0 Å². The number of rotatable bonds is 2. The Hall–Kier alpha value is -1.32. The van der Waals surface area contributed by atoms with Gasteiger partial charge < -0.3 is 14.9 Å². The van der Waals surface area contributed by atoms with Crippen molar-refractivity contribution in [2.45, 2.75) is 12.2 Å². The van der Waals surface area contributed by atoms with Gasteiger partial charge in [-0.25, -0.2) is 9.59 Å². The zero-order valence-electron chi connectivity index (χ0n) is 10.0. The number of amides is 2. The van der Waals surface area contributed by atoms with Crippen LogP contribution in [0.1, 0.15) is 0 Å². The van der Waals surface area contributed by atoms with Crippen LogP contribution < -0.4 is 0 Å². The van der Waals surface area contributed by atoms with Gasteiger partial charge in [-0.05, 0) is 0 Å². The molecule has 0 aromatic heterocycles. The second-order valence-electron chi connectivity index (χ2n) is 4.11. The maximum absolute atomic E-state index is 12.2. The van der Waals surface area contributed by atoms with Crippen LogP contribution in [0.25, 0.3) is 0 Å². The molecule has 2 unspecified atom stereocenters. The minimum Gasteiger partial charge on any atom is -0.480 e. The fraction of sp³-hybridized carbons (Fsp3) is 0.778. The lowest BCUT2D eigenvalue weighted by atomic mass is 10.3. The van der Waals surface area contributed by atoms with Gasteiger partial charge in [0.2, 0.25) is 0 Å². The van der Waals surface area contributed by atoms with Gasteiger partial charge in [-0.2, -0.15) is 13.2 Å². The summed E-state index contributed by atoms with van der Waals surface area (Å²) >= 11 is 0. The van der Waals surface area contributed by atoms with Gasteiger partial charge in [0, 0.05) is 30.1 Å². The van der Waals surface area contributed by atoms with E-state index >= 15 is 0 Å². The summed E-state index contributed by atoms with van der Waals surface area (Å²) in [5, 5.41) is 8.92. The van der Waals surface area contributed by atoms with Gasteiger partial charge in [-0.3, -0.25) is 4.21 Å². The van der Waals surface area contributed by atoms with Crippen molar-refractivity contribution in [2.24, 2.45) is 0 Å². The molecule has 0 spiro atoms. The molecular formula is C9H13F3N2O4S. The van der Waals surface area contributed by atoms with Gasteiger partial charge in [-0.1, -0.05) is 0 Å². The zero-order chi connectivity index (χ0) is 14.8. The van der Waals surface area contributed by atoms with Gasteiger partial charge in [0.25, 0.3) is 0 Å². The predicted molar refractivity (Wildman–Crippen MR) is 60.1 cm³/mol. The number of carbonyl (C=O) groups is 2. The summed E-state index contributed by atoms with van der Waals surface area (Å²) in [5.74, 6) is -1.57. The Morgan fingerprint density at radius 2 is 2.05 bits per heavy atom. The second kappa shape index (κ2) is 5.76. The third-order valence-electron chi connectivity index (χ3n) is 2.55. The van der Waals surface area contributed by atoms with Crippen LogP contribution in [-0.4, -0.2) is 75.0 Å². The highest BCUT2D eigenvalue weighted by Gasteiger charge is 2.39. The lowest BCUT2D eigenvalue weighted by molar-refractivity contribution is -0.143. The van der Waals surface area contributed by atoms with Crippen LogP contribution in [-0.2, 0) is 15.6 Å². The summed E-state index contributed by atoms with van der Waals surface area (Å²) in [7, 11) is -0.431. The number of carbonyl (C=O) groups excluding carboxylic acids is 1. The number of alkyl halides is 3. The number of nitrogens with zero attached hydrogens (tertiary/aromatic N) is 2. The molecule has 2 amide bonds. The third-order valence-corrected chi connectivity index (χ3v) is 3.88. The zero-order valence-corrected chi connectivity index (χ0v) is 10.8. The van der Waals surface area contributed by atoms with Crippen LogP contribution in [0, 0.1) is 0 Å². The number of hydrogen-bond donors (Lipinski definition) is 1. The lowest BCUT2D eigenvalue weighted by Crippen LogP contribution is -2.57. The summed E-state index contributed by atoms with van der Waals surface area (Å²) in [5.41, 5.74) is 0. The van der Waals surface area contributed by atoms with Crippen LogP contribution in [0.3, 0.4) is 0 Å². The molecule has 1 heterocycles. The second-order valence-corrected chi connectivity index (χ2v) is 5.73. The Morgan fingerprint density at radius 1 is 1.47 bits per heavy atom. The summed E-state index contributed by atoms with van der Waals surface area (Å²) in [4.78, 5) is 24.0. The number of aliphatic carboxylic acids is 1. The fourth-order valence-corrected chi connectivity index (χ4v) is 2.94. The highest BCUT2D eigenvalue weighted by Crippen LogP contribution is 2.18. The Bertz CT molecular complexity index is 401. The van der Waals surface area contributed by atoms with Crippen molar-refractivity contribution in [3.63, 3.8) is 0 Å². The number of halogens is 3. The molecule has 1 fully saturated rings. The summed E-state index contributed by atoms with van der Waals surface area (Å²) in [6, 6.07) is -2.38. The first-order chi connectivity index (χ1) is 8.61. The molecule has 110 valence electrons. The summed E-state index contributed by atoms with van der Waals surface area (Å²) < 4.78 is 47.8. The van der Waals surface area contributed by atoms with Gasteiger partial charge in [0.1, 0.15) is 12.6 Å². The quantitative estimate of drug-likeness (QED) is 0.786. The molecule has 0 aromatic rings. The molecule has 1 rings (SSSR count). The molecule has 6 nitrogen and oxygen atoms in total. The van der Waals surface area contributed by atoms with Crippen molar-refractivity contribution in [1.29, 1.82) is 0 Å². The van der Waals surface area contributed by atoms with E-state index in [0.29, 0.717) is 4.90 Å². The molecular weight excluding hydrogens is 289 g/mol. The van der Waals surface area contributed by atoms with E-state index in [2.05, 4.69) is 0 Å². The minimum absolute atomic E-state index is 0.0649. The average Bonchev–Trinajstić information content (AvgIpc) is 2.25. The van der Waals surface area contributed by atoms with Crippen molar-refractivity contribution in [1.82, 2.24) is 9.80 Å². The number of hydrogen-bond acceptors (Lipinski definition) is 3. The standard InChI is InChI=1S/C9H13F3N2O4S/c1-13(5-9(10,11)12)8(17)14-2-3-19(18)4-6(14)7(15)16/h6H,2-5H2,1H3,(H,15,16). The molecule has 0 bridgehead atoms. The van der Waals surface area contributed by atoms with Crippen LogP contribution in [0.5, 0.6) is 0 Å². The maximum Gasteiger partial charge on any atom is 0.406 e. The molecule has 0 aromatic carbocycles. The van der Waals surface area contributed by atoms with E-state index in [1.54, 1.807) is 0 Å². The highest BCUT2D eigenvalue weighted by molar-refractivity contribution is 7.85. The molecule has 1 saturated heterocycles. The number of carboxylic acid groups (broad SMARTS) is 1. The molecule has 2 atom stereocenters. The van der Waals surface area contributed by atoms with E-state index in [-0.39, 0.29) is 18.1 Å². The van der Waals surface area contributed by atoms with E-state index in [1.807, 2.05) is 0 Å². The molecule has 1 aliphatic rings. The third kappa shape index (κ3) is 4.37. The average molecular weight is 302 g/mol. The van der Waals surface area contributed by atoms with Gasteiger partial charge >= 0.3 is 18.2 Å². The van der Waals surface area contributed by atoms with Crippen molar-refractivity contribution in [3.8, 4) is 0 Å². The molecule has 1 N–H and O–H groups in total. The molecule has 1 aliphatic heterocycles. The SMILES string of the molecule is CN(CC(F)(F)F)C(=O)N1CCS(=O)CC1C(=O)O. The highest BCUT2D eigenvalue weighted by atomic mass is 32.2. The first-order valence-corrected chi connectivity index (χ1v) is 6.77. The Morgan fingerprint density at radius 3 is 2.53 bits per heavy atom. The fourth-order valence-electron chi connectivity index (χ4n) is 1.69. The number of urea groups is 1. The van der Waals surface area contributed by atoms with Crippen molar-refractivity contribution < 1.29 is 32.1 Å². The first kappa shape index (κ1) is 15.7. The van der Waals surface area contributed by atoms with Gasteiger partial charge in [0.15, 0.2) is 0 Å². The topological polar surface area (TPSA) is 77.9 Å². The lowest BCUT2D eigenvalue weighted by Gasteiger charge is -2.35. The van der Waals surface area contributed by atoms with Gasteiger partial charge in [-0.15, -0.1) is 0 Å². The van der Waals surface area contributed by atoms with E-state index in [9.17, 15) is 27.0 Å². The van der Waals surface area contributed by atoms with E-state index in [0.717, 1.165) is 11.9 Å². The van der Waals surface area contributed by atoms with Gasteiger partial charge in [0.05, 0.1) is 5.75 Å². The van der Waals surface area contributed by atoms with E-state index < -0.39 is 41.6 Å². The largest absolute Gasteiger partial charge is 0.480 e. The number of carboxylic acids is 1. The maximum atomic E-state index is 12.2. The van der Waals surface area contributed by atoms with Crippen molar-refractivity contribution in [3.05, 3.63) is 0 Å². The molecule has 0 aliphatic carbocycles. The van der Waals surface area contributed by atoms with E-state index in [4.69, 9.17) is 5.11 Å². The van der Waals surface area contributed by atoms with Crippen molar-refractivity contribution >= 4 is 22.8 Å². The monoisotopic (exact) mass is 302 g/mol. The van der Waals surface area contributed by atoms with Crippen molar-refractivity contribution in [2.75, 3.05) is 31.6 Å². The normalized spacial score (nSPS) is 24.1. The molecule has 0 saturated carbocycles. The summed E-state index contributed by atoms with van der Waals surface area (Å²) in [6.45, 7) is -1.59. The molecule has 19 heavy (non-hydrogen) atoms. The molecule has 0 radical (unpaired) electrons. The first-order valence-electron chi connectivity index (χ1n) is 5.28.